The summed E-state index contributed by atoms with van der Waals surface area (Å²) in [6, 6.07) is 4.13. The molecule has 2 aromatic heterocycles. The largest absolute Gasteiger partial charge is 0.394 e. The van der Waals surface area contributed by atoms with E-state index in [0.29, 0.717) is 5.69 Å². The molecule has 0 unspecified atom stereocenters. The van der Waals surface area contributed by atoms with Crippen molar-refractivity contribution in [2.75, 3.05) is 17.7 Å². The number of anilines is 2. The predicted molar refractivity (Wildman–Crippen MR) is 62.9 cm³/mol. The summed E-state index contributed by atoms with van der Waals surface area (Å²) >= 11 is 1.73. The van der Waals surface area contributed by atoms with Crippen molar-refractivity contribution in [3.8, 4) is 0 Å². The van der Waals surface area contributed by atoms with Gasteiger partial charge < -0.3 is 10.6 Å². The Balaban J connectivity index is 2.15. The molecule has 0 aliphatic carbocycles. The van der Waals surface area contributed by atoms with Crippen LogP contribution in [0.4, 0.5) is 11.5 Å². The number of thiophene rings is 1. The Morgan fingerprint density at radius 1 is 1.53 bits per heavy atom. The molecule has 0 radical (unpaired) electrons. The van der Waals surface area contributed by atoms with E-state index in [2.05, 4.69) is 21.4 Å². The van der Waals surface area contributed by atoms with E-state index in [4.69, 9.17) is 5.73 Å². The Kier molecular flexibility index (Phi) is 2.82. The first-order valence-electron chi connectivity index (χ1n) is 4.56. The van der Waals surface area contributed by atoms with Crippen LogP contribution in [-0.2, 0) is 6.54 Å². The summed E-state index contributed by atoms with van der Waals surface area (Å²) in [6.07, 6.45) is 3.13. The molecule has 0 saturated heterocycles. The molecule has 2 heterocycles. The molecular formula is C10H12N4S. The molecule has 0 spiro atoms. The van der Waals surface area contributed by atoms with E-state index in [1.807, 2.05) is 18.0 Å². The first kappa shape index (κ1) is 9.92. The molecule has 0 atom stereocenters. The van der Waals surface area contributed by atoms with Crippen LogP contribution in [0.5, 0.6) is 0 Å². The number of nitrogens with two attached hydrogens (primary N) is 1. The molecule has 0 aliphatic rings. The molecule has 2 N–H and O–H groups in total. The van der Waals surface area contributed by atoms with Gasteiger partial charge in [0.1, 0.15) is 6.33 Å². The van der Waals surface area contributed by atoms with Gasteiger partial charge in [-0.3, -0.25) is 0 Å². The summed E-state index contributed by atoms with van der Waals surface area (Å²) in [6.45, 7) is 0.818. The summed E-state index contributed by atoms with van der Waals surface area (Å²) in [5.74, 6) is 0.776. The van der Waals surface area contributed by atoms with Crippen LogP contribution in [0.1, 0.15) is 4.88 Å². The van der Waals surface area contributed by atoms with E-state index in [9.17, 15) is 0 Å². The van der Waals surface area contributed by atoms with Gasteiger partial charge >= 0.3 is 0 Å². The molecule has 15 heavy (non-hydrogen) atoms. The summed E-state index contributed by atoms with van der Waals surface area (Å²) in [5.41, 5.74) is 6.40. The smallest absolute Gasteiger partial charge is 0.155 e. The minimum atomic E-state index is 0.608. The molecule has 0 saturated carbocycles. The van der Waals surface area contributed by atoms with Gasteiger partial charge in [0, 0.05) is 11.9 Å². The van der Waals surface area contributed by atoms with Gasteiger partial charge in [-0.15, -0.1) is 11.3 Å². The zero-order valence-electron chi connectivity index (χ0n) is 8.42. The third-order valence-corrected chi connectivity index (χ3v) is 2.91. The summed E-state index contributed by atoms with van der Waals surface area (Å²) in [5, 5.41) is 2.06. The number of rotatable bonds is 3. The van der Waals surface area contributed by atoms with Gasteiger partial charge in [-0.2, -0.15) is 0 Å². The van der Waals surface area contributed by atoms with Gasteiger partial charge in [-0.05, 0) is 11.4 Å². The molecule has 78 valence electrons. The quantitative estimate of drug-likeness (QED) is 0.856. The van der Waals surface area contributed by atoms with Crippen LogP contribution >= 0.6 is 11.3 Å². The average molecular weight is 220 g/mol. The van der Waals surface area contributed by atoms with Crippen LogP contribution in [-0.4, -0.2) is 17.0 Å². The fraction of sp³-hybridized carbons (Fsp3) is 0.200. The monoisotopic (exact) mass is 220 g/mol. The lowest BCUT2D eigenvalue weighted by Gasteiger charge is -2.18. The van der Waals surface area contributed by atoms with Crippen LogP contribution in [0.15, 0.2) is 30.0 Å². The van der Waals surface area contributed by atoms with Crippen molar-refractivity contribution >= 4 is 22.8 Å². The van der Waals surface area contributed by atoms with E-state index in [0.717, 1.165) is 12.4 Å². The molecular weight excluding hydrogens is 208 g/mol. The minimum absolute atomic E-state index is 0.608. The zero-order chi connectivity index (χ0) is 10.7. The lowest BCUT2D eigenvalue weighted by atomic mass is 10.4. The predicted octanol–water partition coefficient (Wildman–Crippen LogP) is 1.76. The second-order valence-electron chi connectivity index (χ2n) is 3.24. The molecule has 0 fully saturated rings. The lowest BCUT2D eigenvalue weighted by molar-refractivity contribution is 0.907. The molecule has 5 heteroatoms. The van der Waals surface area contributed by atoms with Crippen molar-refractivity contribution < 1.29 is 0 Å². The van der Waals surface area contributed by atoms with Crippen molar-refractivity contribution in [2.45, 2.75) is 6.54 Å². The van der Waals surface area contributed by atoms with E-state index in [1.165, 1.54) is 11.2 Å². The number of hydrogen-bond donors (Lipinski definition) is 1. The highest BCUT2D eigenvalue weighted by molar-refractivity contribution is 7.09. The third-order valence-electron chi connectivity index (χ3n) is 2.05. The van der Waals surface area contributed by atoms with Gasteiger partial charge in [0.15, 0.2) is 5.82 Å². The number of nitrogens with zero attached hydrogens (tertiary/aromatic N) is 3. The van der Waals surface area contributed by atoms with Crippen LogP contribution < -0.4 is 10.6 Å². The molecule has 2 aromatic rings. The van der Waals surface area contributed by atoms with E-state index < -0.39 is 0 Å². The Labute approximate surface area is 92.4 Å². The summed E-state index contributed by atoms with van der Waals surface area (Å²) in [7, 11) is 1.97. The van der Waals surface area contributed by atoms with Gasteiger partial charge in [0.2, 0.25) is 0 Å². The molecule has 0 amide bonds. The highest BCUT2D eigenvalue weighted by atomic mass is 32.1. The fourth-order valence-corrected chi connectivity index (χ4v) is 2.12. The van der Waals surface area contributed by atoms with Gasteiger partial charge in [0.05, 0.1) is 18.4 Å². The van der Waals surface area contributed by atoms with Gasteiger partial charge in [-0.1, -0.05) is 6.07 Å². The standard InChI is InChI=1S/C10H12N4S/c1-14(6-8-3-2-4-15-8)10-9(11)5-12-7-13-10/h2-5,7H,6,11H2,1H3. The third kappa shape index (κ3) is 2.24. The summed E-state index contributed by atoms with van der Waals surface area (Å²) < 4.78 is 0. The second kappa shape index (κ2) is 4.27. The molecule has 4 nitrogen and oxygen atoms in total. The fourth-order valence-electron chi connectivity index (χ4n) is 1.36. The van der Waals surface area contributed by atoms with Crippen molar-refractivity contribution in [1.82, 2.24) is 9.97 Å². The topological polar surface area (TPSA) is 55.0 Å². The van der Waals surface area contributed by atoms with Crippen molar-refractivity contribution in [3.05, 3.63) is 34.9 Å². The second-order valence-corrected chi connectivity index (χ2v) is 4.27. The normalized spacial score (nSPS) is 10.2. The van der Waals surface area contributed by atoms with Crippen LogP contribution in [0.25, 0.3) is 0 Å². The van der Waals surface area contributed by atoms with Crippen LogP contribution in [0.3, 0.4) is 0 Å². The zero-order valence-corrected chi connectivity index (χ0v) is 9.24. The molecule has 2 rings (SSSR count). The number of aromatic nitrogens is 2. The van der Waals surface area contributed by atoms with Gasteiger partial charge in [-0.25, -0.2) is 9.97 Å². The number of nitrogen functional groups attached to an aromatic ring is 1. The lowest BCUT2D eigenvalue weighted by Crippen LogP contribution is -2.18. The highest BCUT2D eigenvalue weighted by Gasteiger charge is 2.07. The van der Waals surface area contributed by atoms with Crippen molar-refractivity contribution in [1.29, 1.82) is 0 Å². The maximum Gasteiger partial charge on any atom is 0.155 e. The Bertz CT molecular complexity index is 427. The van der Waals surface area contributed by atoms with E-state index in [1.54, 1.807) is 17.5 Å². The Hall–Kier alpha value is -1.62. The van der Waals surface area contributed by atoms with Crippen molar-refractivity contribution in [2.24, 2.45) is 0 Å². The van der Waals surface area contributed by atoms with E-state index in [-0.39, 0.29) is 0 Å². The average Bonchev–Trinajstić information content (AvgIpc) is 2.71. The molecule has 0 aromatic carbocycles. The number of hydrogen-bond acceptors (Lipinski definition) is 5. The minimum Gasteiger partial charge on any atom is -0.394 e. The van der Waals surface area contributed by atoms with Gasteiger partial charge in [0.25, 0.3) is 0 Å². The first-order valence-corrected chi connectivity index (χ1v) is 5.44. The van der Waals surface area contributed by atoms with E-state index >= 15 is 0 Å². The van der Waals surface area contributed by atoms with Crippen LogP contribution in [0, 0.1) is 0 Å². The van der Waals surface area contributed by atoms with Crippen LogP contribution in [0.2, 0.25) is 0 Å². The SMILES string of the molecule is CN(Cc1cccs1)c1ncncc1N. The maximum absolute atomic E-state index is 5.79. The summed E-state index contributed by atoms with van der Waals surface area (Å²) in [4.78, 5) is 11.3. The Morgan fingerprint density at radius 2 is 2.40 bits per heavy atom. The molecule has 0 aliphatic heterocycles. The molecule has 0 bridgehead atoms. The first-order chi connectivity index (χ1) is 7.27. The Morgan fingerprint density at radius 3 is 3.07 bits per heavy atom. The maximum atomic E-state index is 5.79. The highest BCUT2D eigenvalue weighted by Crippen LogP contribution is 2.20. The van der Waals surface area contributed by atoms with Crippen molar-refractivity contribution in [3.63, 3.8) is 0 Å².